The third-order valence-corrected chi connectivity index (χ3v) is 16.3. The van der Waals surface area contributed by atoms with Crippen LogP contribution in [0.1, 0.15) is 70.9 Å². The maximum Gasteiger partial charge on any atom is 0.413 e. The fourth-order valence-corrected chi connectivity index (χ4v) is 11.9. The number of aliphatic hydroxyl groups is 2. The molecule has 33 heteroatoms. The van der Waals surface area contributed by atoms with E-state index in [4.69, 9.17) is 38.0 Å². The Morgan fingerprint density at radius 2 is 1.45 bits per heavy atom. The number of H-pyrrole nitrogens is 1. The highest BCUT2D eigenvalue weighted by Crippen LogP contribution is 2.54. The highest BCUT2D eigenvalue weighted by molar-refractivity contribution is 7.53. The maximum atomic E-state index is 14.1. The average Bonchev–Trinajstić information content (AvgIpc) is 3.15. The van der Waals surface area contributed by atoms with Crippen molar-refractivity contribution < 1.29 is 80.4 Å². The number of hydrogen-bond acceptors (Lipinski definition) is 24. The lowest BCUT2D eigenvalue weighted by atomic mass is 9.92. The van der Waals surface area contributed by atoms with E-state index in [0.717, 1.165) is 24.6 Å². The van der Waals surface area contributed by atoms with Crippen molar-refractivity contribution in [2.45, 2.75) is 115 Å². The molecule has 4 aliphatic rings. The van der Waals surface area contributed by atoms with E-state index in [-0.39, 0.29) is 89.5 Å². The van der Waals surface area contributed by atoms with Gasteiger partial charge in [-0.3, -0.25) is 71.3 Å². The number of nitrogen functional groups attached to an aromatic ring is 1. The molecular weight excluding hydrogens is 1120 g/mol. The van der Waals surface area contributed by atoms with Gasteiger partial charge < -0.3 is 49.8 Å². The molecule has 0 aliphatic carbocycles. The minimum Gasteiger partial charge on any atom is -0.444 e. The molecule has 8 N–H and O–H groups in total. The number of ether oxygens (including phenoxy) is 3. The third kappa shape index (κ3) is 13.5. The van der Waals surface area contributed by atoms with Gasteiger partial charge in [-0.1, -0.05) is 39.3 Å². The first-order valence-corrected chi connectivity index (χ1v) is 30.0. The summed E-state index contributed by atoms with van der Waals surface area (Å²) in [5, 5.41) is 31.2. The first-order chi connectivity index (χ1) is 39.0. The Morgan fingerprint density at radius 1 is 0.805 bits per heavy atom. The number of carbonyl (C=O) groups excluding carboxylic acids is 6. The molecule has 3 fully saturated rings. The molecule has 5 aromatic rings. The first kappa shape index (κ1) is 59.4. The van der Waals surface area contributed by atoms with Gasteiger partial charge >= 0.3 is 21.3 Å². The number of imidazole rings is 2. The largest absolute Gasteiger partial charge is 0.444 e. The van der Waals surface area contributed by atoms with Crippen molar-refractivity contribution in [3.8, 4) is 0 Å². The summed E-state index contributed by atoms with van der Waals surface area (Å²) in [6.45, 7) is 6.33. The number of rotatable bonds is 18. The molecule has 4 unspecified atom stereocenters. The first-order valence-electron chi connectivity index (χ1n) is 26.0. The number of Topliss-reactive ketones (excluding diaryl/α,β-unsaturated/α-hetero) is 1. The van der Waals surface area contributed by atoms with E-state index in [0.29, 0.717) is 30.5 Å². The number of nitrogens with two attached hydrogens (primary N) is 1. The molecule has 0 saturated carbocycles. The second kappa shape index (κ2) is 24.7. The summed E-state index contributed by atoms with van der Waals surface area (Å²) in [6.07, 6.45) is -4.74. The van der Waals surface area contributed by atoms with E-state index in [2.05, 4.69) is 45.9 Å². The van der Waals surface area contributed by atoms with Crippen molar-refractivity contribution in [2.24, 2.45) is 11.8 Å². The Kier molecular flexibility index (Phi) is 17.9. The number of benzene rings is 1. The molecule has 2 bridgehead atoms. The minimum atomic E-state index is -4.22. The Morgan fingerprint density at radius 3 is 2.15 bits per heavy atom. The fourth-order valence-electron chi connectivity index (χ4n) is 9.59. The van der Waals surface area contributed by atoms with Gasteiger partial charge in [0.2, 0.25) is 17.8 Å². The van der Waals surface area contributed by atoms with Crippen LogP contribution in [0.5, 0.6) is 0 Å². The number of aliphatic hydroxyl groups excluding tert-OH is 2. The number of unbranched alkanes of at least 4 members (excludes halogenated alkanes) is 2. The minimum absolute atomic E-state index is 0.0358. The number of nitrogens with one attached hydrogen (secondary N) is 4. The molecule has 31 nitrogen and oxygen atoms in total. The molecule has 4 aliphatic heterocycles. The molecule has 3 saturated heterocycles. The summed E-state index contributed by atoms with van der Waals surface area (Å²) in [5.74, 6) is -3.09. The SMILES string of the molecule is CC(C)[C@H](NC(=O)CCCCCN1C(=O)C=CC1=O)C(=O)C[C@@H](C)C(=O)Nc1ccc(COC(=O)Nc2ncnc3c2ncn3[C@@H]2O[C@@H]3COP(C)(=O)O[C@@H]4C(O)[C@H](n5cnc6c(=O)[nH]c(N)nc65)O[C@@H]4COP(C)(=O)O[C@H]2C3O)cc1. The lowest BCUT2D eigenvalue weighted by molar-refractivity contribution is -0.137. The summed E-state index contributed by atoms with van der Waals surface area (Å²) in [6, 6.07) is 5.60. The number of ketones is 1. The van der Waals surface area contributed by atoms with Crippen molar-refractivity contribution in [3.63, 3.8) is 0 Å². The molecule has 1 aromatic carbocycles. The van der Waals surface area contributed by atoms with Gasteiger partial charge in [-0.15, -0.1) is 0 Å². The van der Waals surface area contributed by atoms with E-state index >= 15 is 0 Å². The van der Waals surface area contributed by atoms with E-state index < -0.39 is 107 Å². The van der Waals surface area contributed by atoms with Crippen LogP contribution in [0.2, 0.25) is 0 Å². The number of anilines is 3. The van der Waals surface area contributed by atoms with Gasteiger partial charge in [0.25, 0.3) is 17.4 Å². The predicted octanol–water partition coefficient (Wildman–Crippen LogP) is 2.43. The summed E-state index contributed by atoms with van der Waals surface area (Å²) in [5.41, 5.74) is 5.99. The molecule has 12 atom stereocenters. The van der Waals surface area contributed by atoms with Crippen LogP contribution in [-0.2, 0) is 72.0 Å². The molecular formula is C49H61N13O18P2. The smallest absolute Gasteiger partial charge is 0.413 e. The van der Waals surface area contributed by atoms with Gasteiger partial charge in [0.15, 0.2) is 46.4 Å². The van der Waals surface area contributed by atoms with Crippen molar-refractivity contribution in [2.75, 3.05) is 49.5 Å². The zero-order valence-corrected chi connectivity index (χ0v) is 46.7. The normalized spacial score (nSPS) is 27.4. The molecule has 9 rings (SSSR count). The van der Waals surface area contributed by atoms with E-state index in [1.165, 1.54) is 33.9 Å². The van der Waals surface area contributed by atoms with Gasteiger partial charge in [0.05, 0.1) is 31.9 Å². The van der Waals surface area contributed by atoms with Gasteiger partial charge in [-0.25, -0.2) is 24.7 Å². The zero-order chi connectivity index (χ0) is 58.8. The van der Waals surface area contributed by atoms with Crippen LogP contribution in [0.25, 0.3) is 22.3 Å². The van der Waals surface area contributed by atoms with Crippen LogP contribution in [0.4, 0.5) is 22.2 Å². The molecule has 82 heavy (non-hydrogen) atoms. The monoisotopic (exact) mass is 1180 g/mol. The topological polar surface area (TPSA) is 414 Å². The van der Waals surface area contributed by atoms with Crippen LogP contribution in [0, 0.1) is 11.8 Å². The number of nitrogens with zero attached hydrogens (tertiary/aromatic N) is 8. The van der Waals surface area contributed by atoms with Crippen molar-refractivity contribution in [1.82, 2.24) is 49.3 Å². The van der Waals surface area contributed by atoms with E-state index in [1.807, 2.05) is 0 Å². The van der Waals surface area contributed by atoms with Gasteiger partial charge in [-0.05, 0) is 36.5 Å². The standard InChI is InChI=1S/C49H61N13O18P2/c1-24(2)34(56-31(64)9-7-6-8-16-60-32(65)14-15-33(60)66)28(63)17-25(3)44(69)55-27-12-10-26(11-13-27)18-74-49(71)57-41-35-42(52-21-51-41)61(22-53-35)47-40-37(67)29(77-47)19-75-81(4,72)79-39-30(20-76-82(5,73)80-40)78-46(38(39)68)62-23-54-36-43(62)58-48(50)59-45(36)70/h10-15,21-25,29-30,34,37-40,46-47,67-68H,6-9,16-20H2,1-5H3,(H,55,69)(H,56,64)(H3,50,58,59,70)(H,51,52,57,71)/t25-,29-,30-,34+,37?,38?,39+,40+,46-,47-,81?,82?/m1/s1. The Labute approximate surface area is 466 Å². The molecule has 0 radical (unpaired) electrons. The zero-order valence-electron chi connectivity index (χ0n) is 44.9. The molecule has 8 heterocycles. The van der Waals surface area contributed by atoms with E-state index in [1.54, 1.807) is 45.0 Å². The Bertz CT molecular complexity index is 3430. The lowest BCUT2D eigenvalue weighted by Gasteiger charge is -2.27. The van der Waals surface area contributed by atoms with Gasteiger partial charge in [0.1, 0.15) is 49.6 Å². The predicted molar refractivity (Wildman–Crippen MR) is 285 cm³/mol. The second-order valence-corrected chi connectivity index (χ2v) is 24.5. The summed E-state index contributed by atoms with van der Waals surface area (Å²) < 4.78 is 71.6. The number of carbonyl (C=O) groups is 6. The van der Waals surface area contributed by atoms with Gasteiger partial charge in [-0.2, -0.15) is 4.98 Å². The van der Waals surface area contributed by atoms with Crippen LogP contribution in [-0.4, -0.2) is 165 Å². The van der Waals surface area contributed by atoms with Crippen molar-refractivity contribution >= 4 is 90.5 Å². The van der Waals surface area contributed by atoms with Crippen molar-refractivity contribution in [3.05, 3.63) is 71.3 Å². The van der Waals surface area contributed by atoms with E-state index in [9.17, 15) is 52.9 Å². The Hall–Kier alpha value is -7.18. The summed E-state index contributed by atoms with van der Waals surface area (Å²) in [4.78, 5) is 113. The lowest BCUT2D eigenvalue weighted by Crippen LogP contribution is -2.45. The highest BCUT2D eigenvalue weighted by Gasteiger charge is 2.53. The summed E-state index contributed by atoms with van der Waals surface area (Å²) in [7, 11) is -8.38. The van der Waals surface area contributed by atoms with Crippen molar-refractivity contribution in [1.29, 1.82) is 0 Å². The number of imide groups is 1. The number of aromatic nitrogens is 8. The number of hydrogen-bond donors (Lipinski definition) is 7. The molecule has 440 valence electrons. The maximum absolute atomic E-state index is 14.1. The van der Waals surface area contributed by atoms with Crippen LogP contribution in [0.15, 0.2) is 60.2 Å². The number of aromatic amines is 1. The Balaban J connectivity index is 0.772. The second-order valence-electron chi connectivity index (χ2n) is 20.4. The molecule has 5 amide bonds. The van der Waals surface area contributed by atoms with Crippen LogP contribution >= 0.6 is 15.2 Å². The highest BCUT2D eigenvalue weighted by atomic mass is 31.2. The van der Waals surface area contributed by atoms with Crippen LogP contribution < -0.4 is 27.2 Å². The average molecular weight is 1180 g/mol. The quantitative estimate of drug-likeness (QED) is 0.0376. The fraction of sp³-hybridized carbons (Fsp3) is 0.510. The summed E-state index contributed by atoms with van der Waals surface area (Å²) >= 11 is 0. The molecule has 0 spiro atoms. The number of amides is 5. The molecule has 4 aromatic heterocycles. The van der Waals surface area contributed by atoms with Crippen LogP contribution in [0.3, 0.4) is 0 Å². The van der Waals surface area contributed by atoms with Gasteiger partial charge in [0, 0.05) is 56.5 Å². The number of fused-ring (bicyclic) bond motifs is 5. The third-order valence-electron chi connectivity index (χ3n) is 13.8.